The summed E-state index contributed by atoms with van der Waals surface area (Å²) in [6, 6.07) is 11.8. The second kappa shape index (κ2) is 8.31. The smallest absolute Gasteiger partial charge is 0.307 e. The number of likely N-dealkylation sites (tertiary alicyclic amines) is 1. The summed E-state index contributed by atoms with van der Waals surface area (Å²) in [5.41, 5.74) is 3.80. The van der Waals surface area contributed by atoms with Crippen LogP contribution in [0, 0.1) is 25.7 Å². The van der Waals surface area contributed by atoms with Gasteiger partial charge in [0.1, 0.15) is 0 Å². The second-order valence-corrected chi connectivity index (χ2v) is 7.33. The summed E-state index contributed by atoms with van der Waals surface area (Å²) in [5.74, 6) is -1.92. The van der Waals surface area contributed by atoms with Gasteiger partial charge in [0.15, 0.2) is 0 Å². The standard InChI is InChI=1S/C21H25N3O3/c1-14-4-3-5-16(8-14)11-24-12-17(9-18(13-24)21(26)27)20(25)23-19-7-6-15(2)22-10-19/h3-8,10,17-18H,9,11-13H2,1-2H3,(H,23,25)(H,26,27)/t17-,18-/m1/s1. The normalized spacial score (nSPS) is 20.2. The lowest BCUT2D eigenvalue weighted by Gasteiger charge is -2.35. The number of carboxylic acids is 1. The van der Waals surface area contributed by atoms with Crippen molar-refractivity contribution in [3.05, 3.63) is 59.4 Å². The molecular weight excluding hydrogens is 342 g/mol. The summed E-state index contributed by atoms with van der Waals surface area (Å²) in [6.07, 6.45) is 1.97. The lowest BCUT2D eigenvalue weighted by molar-refractivity contribution is -0.145. The molecule has 6 heteroatoms. The fourth-order valence-corrected chi connectivity index (χ4v) is 3.54. The molecule has 1 amide bonds. The average Bonchev–Trinajstić information content (AvgIpc) is 2.63. The first-order chi connectivity index (χ1) is 12.9. The predicted molar refractivity (Wildman–Crippen MR) is 103 cm³/mol. The van der Waals surface area contributed by atoms with Crippen molar-refractivity contribution >= 4 is 17.6 Å². The first-order valence-electron chi connectivity index (χ1n) is 9.15. The Morgan fingerprint density at radius 2 is 1.96 bits per heavy atom. The van der Waals surface area contributed by atoms with Crippen molar-refractivity contribution < 1.29 is 14.7 Å². The number of anilines is 1. The van der Waals surface area contributed by atoms with Crippen LogP contribution in [0.5, 0.6) is 0 Å². The zero-order valence-electron chi connectivity index (χ0n) is 15.7. The third kappa shape index (κ3) is 5.14. The molecule has 0 radical (unpaired) electrons. The molecular formula is C21H25N3O3. The van der Waals surface area contributed by atoms with Crippen molar-refractivity contribution in [2.45, 2.75) is 26.8 Å². The lowest BCUT2D eigenvalue weighted by Crippen LogP contribution is -2.46. The van der Waals surface area contributed by atoms with Gasteiger partial charge in [-0.3, -0.25) is 19.5 Å². The first kappa shape index (κ1) is 19.0. The van der Waals surface area contributed by atoms with Gasteiger partial charge in [-0.15, -0.1) is 0 Å². The molecule has 6 nitrogen and oxygen atoms in total. The molecule has 1 aromatic heterocycles. The molecule has 3 rings (SSSR count). The van der Waals surface area contributed by atoms with E-state index in [0.29, 0.717) is 31.7 Å². The zero-order chi connectivity index (χ0) is 19.4. The number of nitrogens with zero attached hydrogens (tertiary/aromatic N) is 2. The van der Waals surface area contributed by atoms with Crippen LogP contribution in [0.1, 0.15) is 23.2 Å². The molecule has 2 N–H and O–H groups in total. The fourth-order valence-electron chi connectivity index (χ4n) is 3.54. The maximum Gasteiger partial charge on any atom is 0.307 e. The summed E-state index contributed by atoms with van der Waals surface area (Å²) >= 11 is 0. The van der Waals surface area contributed by atoms with E-state index in [1.165, 1.54) is 5.56 Å². The van der Waals surface area contributed by atoms with Crippen molar-refractivity contribution in [1.29, 1.82) is 0 Å². The third-order valence-electron chi connectivity index (χ3n) is 4.91. The van der Waals surface area contributed by atoms with Crippen molar-refractivity contribution in [1.82, 2.24) is 9.88 Å². The number of nitrogens with one attached hydrogen (secondary N) is 1. The number of rotatable bonds is 5. The van der Waals surface area contributed by atoms with E-state index in [2.05, 4.69) is 21.3 Å². The Balaban J connectivity index is 1.70. The van der Waals surface area contributed by atoms with Crippen LogP contribution in [-0.2, 0) is 16.1 Å². The molecule has 0 bridgehead atoms. The maximum atomic E-state index is 12.7. The molecule has 0 saturated carbocycles. The number of hydrogen-bond acceptors (Lipinski definition) is 4. The van der Waals surface area contributed by atoms with E-state index in [9.17, 15) is 14.7 Å². The highest BCUT2D eigenvalue weighted by molar-refractivity contribution is 5.93. The van der Waals surface area contributed by atoms with Crippen LogP contribution in [0.2, 0.25) is 0 Å². The predicted octanol–water partition coefficient (Wildman–Crippen LogP) is 2.86. The molecule has 1 fully saturated rings. The van der Waals surface area contributed by atoms with Gasteiger partial charge in [-0.1, -0.05) is 29.8 Å². The Morgan fingerprint density at radius 1 is 1.19 bits per heavy atom. The molecule has 142 valence electrons. The molecule has 1 aliphatic heterocycles. The highest BCUT2D eigenvalue weighted by Gasteiger charge is 2.35. The topological polar surface area (TPSA) is 82.5 Å². The van der Waals surface area contributed by atoms with Gasteiger partial charge in [-0.25, -0.2) is 0 Å². The van der Waals surface area contributed by atoms with E-state index < -0.39 is 11.9 Å². The van der Waals surface area contributed by atoms with E-state index >= 15 is 0 Å². The van der Waals surface area contributed by atoms with Crippen molar-refractivity contribution in [2.24, 2.45) is 11.8 Å². The van der Waals surface area contributed by atoms with Crippen LogP contribution in [0.25, 0.3) is 0 Å². The minimum atomic E-state index is -0.848. The second-order valence-electron chi connectivity index (χ2n) is 7.33. The van der Waals surface area contributed by atoms with Crippen LogP contribution >= 0.6 is 0 Å². The summed E-state index contributed by atoms with van der Waals surface area (Å²) in [7, 11) is 0. The molecule has 1 aliphatic rings. The van der Waals surface area contributed by atoms with Gasteiger partial charge in [0.05, 0.1) is 23.7 Å². The SMILES string of the molecule is Cc1cccc(CN2C[C@H](C(=O)O)C[C@@H](C(=O)Nc3ccc(C)nc3)C2)c1. The van der Waals surface area contributed by atoms with Gasteiger partial charge in [0.25, 0.3) is 0 Å². The number of carbonyl (C=O) groups is 2. The summed E-state index contributed by atoms with van der Waals surface area (Å²) in [5, 5.41) is 12.4. The third-order valence-corrected chi connectivity index (χ3v) is 4.91. The number of carbonyl (C=O) groups excluding carboxylic acids is 1. The number of aromatic nitrogens is 1. The summed E-state index contributed by atoms with van der Waals surface area (Å²) < 4.78 is 0. The molecule has 1 aromatic carbocycles. The van der Waals surface area contributed by atoms with E-state index in [0.717, 1.165) is 11.3 Å². The van der Waals surface area contributed by atoms with Crippen molar-refractivity contribution in [2.75, 3.05) is 18.4 Å². The monoisotopic (exact) mass is 367 g/mol. The van der Waals surface area contributed by atoms with Crippen LogP contribution in [0.4, 0.5) is 5.69 Å². The molecule has 2 heterocycles. The molecule has 2 aromatic rings. The van der Waals surface area contributed by atoms with Crippen LogP contribution in [-0.4, -0.2) is 40.0 Å². The quantitative estimate of drug-likeness (QED) is 0.849. The van der Waals surface area contributed by atoms with E-state index in [1.54, 1.807) is 6.20 Å². The minimum Gasteiger partial charge on any atom is -0.481 e. The Morgan fingerprint density at radius 3 is 2.63 bits per heavy atom. The summed E-state index contributed by atoms with van der Waals surface area (Å²) in [4.78, 5) is 30.6. The fraction of sp³-hybridized carbons (Fsp3) is 0.381. The van der Waals surface area contributed by atoms with Crippen molar-refractivity contribution in [3.8, 4) is 0 Å². The van der Waals surface area contributed by atoms with Gasteiger partial charge >= 0.3 is 5.97 Å². The van der Waals surface area contributed by atoms with Crippen LogP contribution in [0.3, 0.4) is 0 Å². The molecule has 0 spiro atoms. The largest absolute Gasteiger partial charge is 0.481 e. The van der Waals surface area contributed by atoms with Gasteiger partial charge in [0, 0.05) is 25.3 Å². The number of carboxylic acid groups (broad SMARTS) is 1. The van der Waals surface area contributed by atoms with Gasteiger partial charge in [0.2, 0.25) is 5.91 Å². The van der Waals surface area contributed by atoms with Gasteiger partial charge in [-0.2, -0.15) is 0 Å². The van der Waals surface area contributed by atoms with Gasteiger partial charge < -0.3 is 10.4 Å². The number of aliphatic carboxylic acids is 1. The number of amides is 1. The Kier molecular flexibility index (Phi) is 5.86. The number of piperidine rings is 1. The highest BCUT2D eigenvalue weighted by atomic mass is 16.4. The van der Waals surface area contributed by atoms with Gasteiger partial charge in [-0.05, 0) is 38.0 Å². The first-order valence-corrected chi connectivity index (χ1v) is 9.15. The van der Waals surface area contributed by atoms with E-state index in [-0.39, 0.29) is 11.8 Å². The Bertz CT molecular complexity index is 820. The number of benzene rings is 1. The Hall–Kier alpha value is -2.73. The maximum absolute atomic E-state index is 12.7. The molecule has 2 atom stereocenters. The number of pyridine rings is 1. The van der Waals surface area contributed by atoms with E-state index in [4.69, 9.17) is 0 Å². The molecule has 0 unspecified atom stereocenters. The van der Waals surface area contributed by atoms with Crippen molar-refractivity contribution in [3.63, 3.8) is 0 Å². The van der Waals surface area contributed by atoms with E-state index in [1.807, 2.05) is 44.2 Å². The highest BCUT2D eigenvalue weighted by Crippen LogP contribution is 2.25. The van der Waals surface area contributed by atoms with Crippen LogP contribution < -0.4 is 5.32 Å². The molecule has 27 heavy (non-hydrogen) atoms. The number of hydrogen-bond donors (Lipinski definition) is 2. The lowest BCUT2D eigenvalue weighted by atomic mass is 9.88. The Labute approximate surface area is 159 Å². The minimum absolute atomic E-state index is 0.152. The zero-order valence-corrected chi connectivity index (χ0v) is 15.7. The van der Waals surface area contributed by atoms with Crippen LogP contribution in [0.15, 0.2) is 42.6 Å². The summed E-state index contributed by atoms with van der Waals surface area (Å²) in [6.45, 7) is 5.56. The molecule has 0 aliphatic carbocycles. The number of aryl methyl sites for hydroxylation is 2. The molecule has 1 saturated heterocycles. The average molecular weight is 367 g/mol.